The Bertz CT molecular complexity index is 450. The van der Waals surface area contributed by atoms with Gasteiger partial charge in [-0.25, -0.2) is 4.39 Å². The molecule has 0 fully saturated rings. The van der Waals surface area contributed by atoms with Crippen LogP contribution >= 0.6 is 0 Å². The van der Waals surface area contributed by atoms with Crippen molar-refractivity contribution in [3.8, 4) is 5.75 Å². The molecule has 0 amide bonds. The minimum Gasteiger partial charge on any atom is -0.488 e. The maximum atomic E-state index is 13.0. The van der Waals surface area contributed by atoms with Crippen LogP contribution in [-0.4, -0.2) is 42.2 Å². The van der Waals surface area contributed by atoms with Crippen LogP contribution in [0, 0.1) is 5.82 Å². The van der Waals surface area contributed by atoms with Gasteiger partial charge < -0.3 is 14.7 Å². The van der Waals surface area contributed by atoms with Crippen LogP contribution in [0.25, 0.3) is 0 Å². The van der Waals surface area contributed by atoms with Gasteiger partial charge in [-0.15, -0.1) is 0 Å². The van der Waals surface area contributed by atoms with Crippen molar-refractivity contribution >= 4 is 5.97 Å². The summed E-state index contributed by atoms with van der Waals surface area (Å²) in [6.45, 7) is 1.13. The van der Waals surface area contributed by atoms with Crippen LogP contribution in [0.5, 0.6) is 5.75 Å². The molecular formula is C13H16FNO3. The minimum absolute atomic E-state index is 0.0272. The summed E-state index contributed by atoms with van der Waals surface area (Å²) in [5, 5.41) is 8.60. The molecule has 5 heteroatoms. The second-order valence-corrected chi connectivity index (χ2v) is 4.60. The first-order chi connectivity index (χ1) is 8.54. The second-order valence-electron chi connectivity index (χ2n) is 4.60. The highest BCUT2D eigenvalue weighted by Gasteiger charge is 2.24. The summed E-state index contributed by atoms with van der Waals surface area (Å²) in [6, 6.07) is 4.52. The lowest BCUT2D eigenvalue weighted by Gasteiger charge is -2.19. The number of carbonyl (C=O) groups is 1. The van der Waals surface area contributed by atoms with Crippen molar-refractivity contribution in [1.29, 1.82) is 0 Å². The SMILES string of the molecule is CN(CCC(=O)O)CC1Cc2cc(F)ccc2O1. The molecule has 0 aliphatic carbocycles. The van der Waals surface area contributed by atoms with Gasteiger partial charge in [0.2, 0.25) is 0 Å². The summed E-state index contributed by atoms with van der Waals surface area (Å²) >= 11 is 0. The van der Waals surface area contributed by atoms with Crippen LogP contribution in [0.1, 0.15) is 12.0 Å². The van der Waals surface area contributed by atoms with E-state index in [0.717, 1.165) is 11.3 Å². The average molecular weight is 253 g/mol. The maximum Gasteiger partial charge on any atom is 0.304 e. The number of fused-ring (bicyclic) bond motifs is 1. The first-order valence-electron chi connectivity index (χ1n) is 5.90. The highest BCUT2D eigenvalue weighted by Crippen LogP contribution is 2.29. The predicted octanol–water partition coefficient (Wildman–Crippen LogP) is 1.54. The summed E-state index contributed by atoms with van der Waals surface area (Å²) in [5.41, 5.74) is 0.881. The third kappa shape index (κ3) is 3.20. The smallest absolute Gasteiger partial charge is 0.304 e. The monoisotopic (exact) mass is 253 g/mol. The molecule has 0 aromatic heterocycles. The van der Waals surface area contributed by atoms with Crippen molar-refractivity contribution in [3.05, 3.63) is 29.6 Å². The van der Waals surface area contributed by atoms with Crippen LogP contribution in [0.2, 0.25) is 0 Å². The molecule has 0 radical (unpaired) electrons. The summed E-state index contributed by atoms with van der Waals surface area (Å²) < 4.78 is 18.7. The Morgan fingerprint density at radius 3 is 3.11 bits per heavy atom. The van der Waals surface area contributed by atoms with E-state index >= 15 is 0 Å². The number of carboxylic acids is 1. The highest BCUT2D eigenvalue weighted by molar-refractivity contribution is 5.66. The van der Waals surface area contributed by atoms with E-state index in [4.69, 9.17) is 9.84 Å². The summed E-state index contributed by atoms with van der Waals surface area (Å²) in [6.07, 6.45) is 0.760. The van der Waals surface area contributed by atoms with Gasteiger partial charge in [-0.1, -0.05) is 0 Å². The molecule has 0 spiro atoms. The Morgan fingerprint density at radius 2 is 2.39 bits per heavy atom. The van der Waals surface area contributed by atoms with Crippen molar-refractivity contribution in [3.63, 3.8) is 0 Å². The molecule has 2 rings (SSSR count). The molecule has 1 unspecified atom stereocenters. The third-order valence-corrected chi connectivity index (χ3v) is 2.99. The fraction of sp³-hybridized carbons (Fsp3) is 0.462. The van der Waals surface area contributed by atoms with Gasteiger partial charge in [-0.2, -0.15) is 0 Å². The van der Waals surface area contributed by atoms with Crippen molar-refractivity contribution in [2.45, 2.75) is 18.9 Å². The van der Waals surface area contributed by atoms with Crippen LogP contribution in [-0.2, 0) is 11.2 Å². The van der Waals surface area contributed by atoms with Gasteiger partial charge in [0.1, 0.15) is 17.7 Å². The van der Waals surface area contributed by atoms with E-state index in [9.17, 15) is 9.18 Å². The number of rotatable bonds is 5. The maximum absolute atomic E-state index is 13.0. The van der Waals surface area contributed by atoms with Gasteiger partial charge in [0.15, 0.2) is 0 Å². The van der Waals surface area contributed by atoms with E-state index in [1.54, 1.807) is 6.07 Å². The first kappa shape index (κ1) is 12.8. The summed E-state index contributed by atoms with van der Waals surface area (Å²) in [4.78, 5) is 12.4. The quantitative estimate of drug-likeness (QED) is 0.864. The molecule has 1 atom stereocenters. The number of hydrogen-bond acceptors (Lipinski definition) is 3. The molecule has 1 aliphatic rings. The Kier molecular flexibility index (Phi) is 3.81. The Labute approximate surface area is 105 Å². The number of ether oxygens (including phenoxy) is 1. The van der Waals surface area contributed by atoms with Crippen LogP contribution < -0.4 is 4.74 Å². The molecule has 0 saturated heterocycles. The molecule has 1 aromatic rings. The van der Waals surface area contributed by atoms with Gasteiger partial charge >= 0.3 is 5.97 Å². The van der Waals surface area contributed by atoms with Crippen LogP contribution in [0.4, 0.5) is 4.39 Å². The fourth-order valence-corrected chi connectivity index (χ4v) is 2.12. The van der Waals surface area contributed by atoms with E-state index in [-0.39, 0.29) is 18.3 Å². The standard InChI is InChI=1S/C13H16FNO3/c1-15(5-4-13(16)17)8-11-7-9-6-10(14)2-3-12(9)18-11/h2-3,6,11H,4-5,7-8H2,1H3,(H,16,17). The summed E-state index contributed by atoms with van der Waals surface area (Å²) in [5.74, 6) is -0.329. The second kappa shape index (κ2) is 5.35. The van der Waals surface area contributed by atoms with E-state index in [1.165, 1.54) is 12.1 Å². The van der Waals surface area contributed by atoms with Gasteiger partial charge in [-0.3, -0.25) is 4.79 Å². The van der Waals surface area contributed by atoms with E-state index < -0.39 is 5.97 Å². The third-order valence-electron chi connectivity index (χ3n) is 2.99. The largest absolute Gasteiger partial charge is 0.488 e. The molecule has 18 heavy (non-hydrogen) atoms. The number of aliphatic carboxylic acids is 1. The van der Waals surface area contributed by atoms with Crippen LogP contribution in [0.3, 0.4) is 0 Å². The number of hydrogen-bond donors (Lipinski definition) is 1. The lowest BCUT2D eigenvalue weighted by atomic mass is 10.1. The van der Waals surface area contributed by atoms with Crippen LogP contribution in [0.15, 0.2) is 18.2 Å². The van der Waals surface area contributed by atoms with Crippen molar-refractivity contribution in [2.24, 2.45) is 0 Å². The number of nitrogens with zero attached hydrogens (tertiary/aromatic N) is 1. The lowest BCUT2D eigenvalue weighted by Crippen LogP contribution is -2.33. The minimum atomic E-state index is -0.806. The van der Waals surface area contributed by atoms with E-state index in [2.05, 4.69) is 0 Å². The average Bonchev–Trinajstić information content (AvgIpc) is 2.67. The molecule has 0 bridgehead atoms. The number of benzene rings is 1. The molecular weight excluding hydrogens is 237 g/mol. The molecule has 98 valence electrons. The van der Waals surface area contributed by atoms with Gasteiger partial charge in [-0.05, 0) is 25.2 Å². The van der Waals surface area contributed by atoms with Gasteiger partial charge in [0.25, 0.3) is 0 Å². The van der Waals surface area contributed by atoms with E-state index in [0.29, 0.717) is 19.5 Å². The van der Waals surface area contributed by atoms with Gasteiger partial charge in [0, 0.05) is 25.1 Å². The molecule has 4 nitrogen and oxygen atoms in total. The number of carboxylic acid groups (broad SMARTS) is 1. The zero-order chi connectivity index (χ0) is 13.1. The number of likely N-dealkylation sites (N-methyl/N-ethyl adjacent to an activating group) is 1. The highest BCUT2D eigenvalue weighted by atomic mass is 19.1. The van der Waals surface area contributed by atoms with Gasteiger partial charge in [0.05, 0.1) is 6.42 Å². The molecule has 1 heterocycles. The Balaban J connectivity index is 1.85. The van der Waals surface area contributed by atoms with Crippen molar-refractivity contribution in [1.82, 2.24) is 4.90 Å². The molecule has 1 N–H and O–H groups in total. The molecule has 1 aliphatic heterocycles. The molecule has 0 saturated carbocycles. The summed E-state index contributed by atoms with van der Waals surface area (Å²) in [7, 11) is 1.86. The molecule has 1 aromatic carbocycles. The fourth-order valence-electron chi connectivity index (χ4n) is 2.12. The lowest BCUT2D eigenvalue weighted by molar-refractivity contribution is -0.137. The Hall–Kier alpha value is -1.62. The number of halogens is 1. The zero-order valence-electron chi connectivity index (χ0n) is 10.2. The normalized spacial score (nSPS) is 17.6. The topological polar surface area (TPSA) is 49.8 Å². The predicted molar refractivity (Wildman–Crippen MR) is 64.3 cm³/mol. The Morgan fingerprint density at radius 1 is 1.61 bits per heavy atom. The van der Waals surface area contributed by atoms with Crippen molar-refractivity contribution in [2.75, 3.05) is 20.1 Å². The zero-order valence-corrected chi connectivity index (χ0v) is 10.2. The first-order valence-corrected chi connectivity index (χ1v) is 5.90. The van der Waals surface area contributed by atoms with Crippen molar-refractivity contribution < 1.29 is 19.0 Å². The van der Waals surface area contributed by atoms with E-state index in [1.807, 2.05) is 11.9 Å².